The zero-order valence-corrected chi connectivity index (χ0v) is 9.34. The van der Waals surface area contributed by atoms with E-state index in [1.165, 1.54) is 6.07 Å². The molecular weight excluding hydrogens is 216 g/mol. The largest absolute Gasteiger partial charge is 0.478 e. The van der Waals surface area contributed by atoms with E-state index in [1.54, 1.807) is 6.07 Å². The molecule has 0 atom stereocenters. The molecule has 4 nitrogen and oxygen atoms in total. The van der Waals surface area contributed by atoms with Crippen molar-refractivity contribution in [1.29, 1.82) is 0 Å². The minimum atomic E-state index is -1.06. The molecule has 0 saturated carbocycles. The van der Waals surface area contributed by atoms with Crippen molar-refractivity contribution < 1.29 is 9.90 Å². The highest BCUT2D eigenvalue weighted by Crippen LogP contribution is 2.21. The van der Waals surface area contributed by atoms with Crippen LogP contribution >= 0.6 is 0 Å². The molecule has 1 heterocycles. The lowest BCUT2D eigenvalue weighted by Gasteiger charge is -2.05. The predicted octanol–water partition coefficient (Wildman–Crippen LogP) is 2.34. The van der Waals surface area contributed by atoms with Gasteiger partial charge >= 0.3 is 5.97 Å². The third-order valence-corrected chi connectivity index (χ3v) is 2.47. The van der Waals surface area contributed by atoms with Crippen molar-refractivity contribution in [3.63, 3.8) is 0 Å². The number of hydrogen-bond acceptors (Lipinski definition) is 3. The number of nitrogens with two attached hydrogens (primary N) is 1. The molecule has 0 aliphatic rings. The summed E-state index contributed by atoms with van der Waals surface area (Å²) in [6, 6.07) is 10.9. The van der Waals surface area contributed by atoms with E-state index >= 15 is 0 Å². The number of pyridine rings is 1. The summed E-state index contributed by atoms with van der Waals surface area (Å²) >= 11 is 0. The molecule has 1 aromatic carbocycles. The monoisotopic (exact) mass is 228 g/mol. The molecule has 0 aliphatic heterocycles. The first-order valence-corrected chi connectivity index (χ1v) is 5.15. The molecule has 2 aromatic rings. The fourth-order valence-corrected chi connectivity index (χ4v) is 1.62. The van der Waals surface area contributed by atoms with Crippen molar-refractivity contribution in [3.05, 3.63) is 47.5 Å². The van der Waals surface area contributed by atoms with Gasteiger partial charge in [0.15, 0.2) is 0 Å². The Morgan fingerprint density at radius 2 is 2.06 bits per heavy atom. The van der Waals surface area contributed by atoms with Gasteiger partial charge in [0.1, 0.15) is 11.4 Å². The number of anilines is 1. The molecule has 0 radical (unpaired) electrons. The van der Waals surface area contributed by atoms with E-state index < -0.39 is 5.97 Å². The SMILES string of the molecule is Cc1cccc(-c2ccc(C(=O)O)c(N)n2)c1. The Morgan fingerprint density at radius 3 is 2.65 bits per heavy atom. The van der Waals surface area contributed by atoms with Crippen LogP contribution in [0.4, 0.5) is 5.82 Å². The van der Waals surface area contributed by atoms with Crippen LogP contribution in [0.1, 0.15) is 15.9 Å². The summed E-state index contributed by atoms with van der Waals surface area (Å²) in [5.74, 6) is -1.03. The summed E-state index contributed by atoms with van der Waals surface area (Å²) < 4.78 is 0. The summed E-state index contributed by atoms with van der Waals surface area (Å²) in [7, 11) is 0. The molecule has 0 spiro atoms. The molecule has 0 saturated heterocycles. The van der Waals surface area contributed by atoms with Gasteiger partial charge in [-0.25, -0.2) is 9.78 Å². The molecule has 4 heteroatoms. The smallest absolute Gasteiger partial charge is 0.339 e. The highest BCUT2D eigenvalue weighted by Gasteiger charge is 2.10. The topological polar surface area (TPSA) is 76.2 Å². The van der Waals surface area contributed by atoms with E-state index in [0.717, 1.165) is 11.1 Å². The summed E-state index contributed by atoms with van der Waals surface area (Å²) in [5.41, 5.74) is 8.35. The van der Waals surface area contributed by atoms with Gasteiger partial charge in [0.2, 0.25) is 0 Å². The Hall–Kier alpha value is -2.36. The molecule has 3 N–H and O–H groups in total. The fourth-order valence-electron chi connectivity index (χ4n) is 1.62. The van der Waals surface area contributed by atoms with Crippen molar-refractivity contribution in [1.82, 2.24) is 4.98 Å². The van der Waals surface area contributed by atoms with E-state index in [9.17, 15) is 4.79 Å². The zero-order chi connectivity index (χ0) is 12.4. The van der Waals surface area contributed by atoms with Gasteiger partial charge < -0.3 is 10.8 Å². The lowest BCUT2D eigenvalue weighted by Crippen LogP contribution is -2.04. The number of nitrogen functional groups attached to an aromatic ring is 1. The second kappa shape index (κ2) is 4.25. The van der Waals surface area contributed by atoms with Gasteiger partial charge in [-0.15, -0.1) is 0 Å². The van der Waals surface area contributed by atoms with Gasteiger partial charge in [-0.3, -0.25) is 0 Å². The van der Waals surface area contributed by atoms with Crippen LogP contribution in [0.3, 0.4) is 0 Å². The van der Waals surface area contributed by atoms with Crippen LogP contribution in [0.25, 0.3) is 11.3 Å². The van der Waals surface area contributed by atoms with E-state index in [-0.39, 0.29) is 11.4 Å². The van der Waals surface area contributed by atoms with Gasteiger partial charge in [0.25, 0.3) is 0 Å². The minimum absolute atomic E-state index is 0.0291. The van der Waals surface area contributed by atoms with E-state index in [4.69, 9.17) is 10.8 Å². The molecule has 2 rings (SSSR count). The number of aromatic carboxylic acids is 1. The average Bonchev–Trinajstić information content (AvgIpc) is 2.28. The highest BCUT2D eigenvalue weighted by molar-refractivity contribution is 5.93. The first kappa shape index (κ1) is 11.1. The predicted molar refractivity (Wildman–Crippen MR) is 65.8 cm³/mol. The fraction of sp³-hybridized carbons (Fsp3) is 0.0769. The van der Waals surface area contributed by atoms with Gasteiger partial charge in [-0.1, -0.05) is 23.8 Å². The van der Waals surface area contributed by atoms with Crippen LogP contribution in [0.15, 0.2) is 36.4 Å². The summed E-state index contributed by atoms with van der Waals surface area (Å²) in [6.07, 6.45) is 0. The number of benzene rings is 1. The van der Waals surface area contributed by atoms with Crippen LogP contribution < -0.4 is 5.73 Å². The first-order valence-electron chi connectivity index (χ1n) is 5.15. The molecule has 17 heavy (non-hydrogen) atoms. The lowest BCUT2D eigenvalue weighted by molar-refractivity contribution is 0.0697. The van der Waals surface area contributed by atoms with Crippen molar-refractivity contribution in [3.8, 4) is 11.3 Å². The quantitative estimate of drug-likeness (QED) is 0.827. The van der Waals surface area contributed by atoms with Crippen molar-refractivity contribution in [2.75, 3.05) is 5.73 Å². The summed E-state index contributed by atoms with van der Waals surface area (Å²) in [4.78, 5) is 14.9. The Kier molecular flexibility index (Phi) is 2.78. The van der Waals surface area contributed by atoms with Gasteiger partial charge in [-0.05, 0) is 25.1 Å². The molecule has 0 unspecified atom stereocenters. The normalized spacial score (nSPS) is 10.2. The van der Waals surface area contributed by atoms with Crippen molar-refractivity contribution >= 4 is 11.8 Å². The third kappa shape index (κ3) is 2.25. The molecule has 0 amide bonds. The van der Waals surface area contributed by atoms with Crippen LogP contribution in [0.2, 0.25) is 0 Å². The Balaban J connectivity index is 2.48. The van der Waals surface area contributed by atoms with Crippen LogP contribution in [-0.2, 0) is 0 Å². The number of nitrogens with zero attached hydrogens (tertiary/aromatic N) is 1. The lowest BCUT2D eigenvalue weighted by atomic mass is 10.1. The highest BCUT2D eigenvalue weighted by atomic mass is 16.4. The minimum Gasteiger partial charge on any atom is -0.478 e. The number of carboxylic acids is 1. The maximum Gasteiger partial charge on any atom is 0.339 e. The van der Waals surface area contributed by atoms with E-state index in [0.29, 0.717) is 5.69 Å². The Morgan fingerprint density at radius 1 is 1.29 bits per heavy atom. The van der Waals surface area contributed by atoms with Gasteiger partial charge in [0.05, 0.1) is 5.69 Å². The molecule has 0 fully saturated rings. The first-order chi connectivity index (χ1) is 8.08. The number of carbonyl (C=O) groups is 1. The Labute approximate surface area is 98.7 Å². The second-order valence-electron chi connectivity index (χ2n) is 3.80. The number of rotatable bonds is 2. The number of aromatic nitrogens is 1. The van der Waals surface area contributed by atoms with Crippen molar-refractivity contribution in [2.24, 2.45) is 0 Å². The molecule has 0 aliphatic carbocycles. The third-order valence-electron chi connectivity index (χ3n) is 2.47. The van der Waals surface area contributed by atoms with Crippen LogP contribution in [0, 0.1) is 6.92 Å². The number of carboxylic acid groups (broad SMARTS) is 1. The van der Waals surface area contributed by atoms with Crippen molar-refractivity contribution in [2.45, 2.75) is 6.92 Å². The van der Waals surface area contributed by atoms with E-state index in [1.807, 2.05) is 31.2 Å². The number of aryl methyl sites for hydroxylation is 1. The average molecular weight is 228 g/mol. The zero-order valence-electron chi connectivity index (χ0n) is 9.34. The maximum absolute atomic E-state index is 10.8. The van der Waals surface area contributed by atoms with E-state index in [2.05, 4.69) is 4.98 Å². The maximum atomic E-state index is 10.8. The van der Waals surface area contributed by atoms with Gasteiger partial charge in [-0.2, -0.15) is 0 Å². The Bertz CT molecular complexity index is 579. The van der Waals surface area contributed by atoms with Crippen LogP contribution in [-0.4, -0.2) is 16.1 Å². The molecular formula is C13H12N2O2. The van der Waals surface area contributed by atoms with Gasteiger partial charge in [0, 0.05) is 5.56 Å². The number of hydrogen-bond donors (Lipinski definition) is 2. The van der Waals surface area contributed by atoms with Crippen LogP contribution in [0.5, 0.6) is 0 Å². The summed E-state index contributed by atoms with van der Waals surface area (Å²) in [6.45, 7) is 1.98. The molecule has 0 bridgehead atoms. The molecule has 1 aromatic heterocycles. The second-order valence-corrected chi connectivity index (χ2v) is 3.80. The molecule has 86 valence electrons. The summed E-state index contributed by atoms with van der Waals surface area (Å²) in [5, 5.41) is 8.85. The standard InChI is InChI=1S/C13H12N2O2/c1-8-3-2-4-9(7-8)11-6-5-10(13(16)17)12(14)15-11/h2-7H,1H3,(H2,14,15)(H,16,17).